The van der Waals surface area contributed by atoms with E-state index in [9.17, 15) is 9.59 Å². The van der Waals surface area contributed by atoms with Crippen LogP contribution in [0.15, 0.2) is 24.3 Å². The Morgan fingerprint density at radius 3 is 1.17 bits per heavy atom. The quantitative estimate of drug-likeness (QED) is 0.607. The summed E-state index contributed by atoms with van der Waals surface area (Å²) in [5.74, 6) is 2.53. The topological polar surface area (TPSA) is 34.1 Å². The second kappa shape index (κ2) is 2.87. The van der Waals surface area contributed by atoms with Crippen LogP contribution in [0.25, 0.3) is 0 Å². The Bertz CT molecular complexity index is 441. The Morgan fingerprint density at radius 1 is 0.611 bits per heavy atom. The Hall–Kier alpha value is -1.18. The van der Waals surface area contributed by atoms with Crippen molar-refractivity contribution in [2.24, 2.45) is 47.3 Å². The fraction of sp³-hybridized carbons (Fsp3) is 0.625. The minimum Gasteiger partial charge on any atom is -0.299 e. The summed E-state index contributed by atoms with van der Waals surface area (Å²) < 4.78 is 0. The van der Waals surface area contributed by atoms with Gasteiger partial charge >= 0.3 is 0 Å². The van der Waals surface area contributed by atoms with Crippen molar-refractivity contribution < 1.29 is 9.59 Å². The number of carbonyl (C=O) groups excluding carboxylic acids is 2. The van der Waals surface area contributed by atoms with E-state index in [1.165, 1.54) is 0 Å². The van der Waals surface area contributed by atoms with Crippen molar-refractivity contribution in [3.05, 3.63) is 24.3 Å². The van der Waals surface area contributed by atoms with Gasteiger partial charge in [-0.15, -0.1) is 0 Å². The molecule has 4 bridgehead atoms. The van der Waals surface area contributed by atoms with Gasteiger partial charge in [0.15, 0.2) is 0 Å². The minimum absolute atomic E-state index is 0.0431. The van der Waals surface area contributed by atoms with Crippen molar-refractivity contribution in [1.29, 1.82) is 0 Å². The normalized spacial score (nSPS) is 58.4. The first-order chi connectivity index (χ1) is 8.75. The zero-order chi connectivity index (χ0) is 12.0. The second-order valence-corrected chi connectivity index (χ2v) is 6.80. The monoisotopic (exact) mass is 240 g/mol. The molecule has 0 aromatic carbocycles. The number of ketones is 2. The van der Waals surface area contributed by atoms with Crippen LogP contribution in [0.4, 0.5) is 0 Å². The molecule has 0 aromatic heterocycles. The van der Waals surface area contributed by atoms with Crippen molar-refractivity contribution in [3.8, 4) is 0 Å². The molecule has 92 valence electrons. The van der Waals surface area contributed by atoms with Gasteiger partial charge in [0.25, 0.3) is 0 Å². The molecule has 0 spiro atoms. The molecule has 0 radical (unpaired) electrons. The van der Waals surface area contributed by atoms with Crippen LogP contribution in [0.3, 0.4) is 0 Å². The van der Waals surface area contributed by atoms with Gasteiger partial charge in [-0.25, -0.2) is 0 Å². The second-order valence-electron chi connectivity index (χ2n) is 6.80. The molecule has 18 heavy (non-hydrogen) atoms. The predicted octanol–water partition coefficient (Wildman–Crippen LogP) is 2.01. The van der Waals surface area contributed by atoms with Crippen LogP contribution in [-0.2, 0) is 9.59 Å². The van der Waals surface area contributed by atoms with Gasteiger partial charge in [0.2, 0.25) is 0 Å². The molecular formula is C16H16O2. The highest BCUT2D eigenvalue weighted by Crippen LogP contribution is 2.60. The molecule has 8 atom stereocenters. The smallest absolute Gasteiger partial charge is 0.141 e. The number of allylic oxidation sites excluding steroid dienone is 4. The van der Waals surface area contributed by atoms with Crippen LogP contribution in [0.2, 0.25) is 0 Å². The Balaban J connectivity index is 1.65. The molecular weight excluding hydrogens is 224 g/mol. The maximum absolute atomic E-state index is 12.8. The highest BCUT2D eigenvalue weighted by molar-refractivity contribution is 6.02. The van der Waals surface area contributed by atoms with Gasteiger partial charge in [0, 0.05) is 23.7 Å². The lowest BCUT2D eigenvalue weighted by molar-refractivity contribution is -0.148. The largest absolute Gasteiger partial charge is 0.299 e. The van der Waals surface area contributed by atoms with Gasteiger partial charge in [0.1, 0.15) is 11.6 Å². The molecule has 0 aromatic rings. The first kappa shape index (κ1) is 9.71. The zero-order valence-corrected chi connectivity index (χ0v) is 10.2. The fourth-order valence-electron chi connectivity index (χ4n) is 5.64. The average molecular weight is 240 g/mol. The summed E-state index contributed by atoms with van der Waals surface area (Å²) in [6, 6.07) is 0. The number of hydrogen-bond donors (Lipinski definition) is 0. The van der Waals surface area contributed by atoms with E-state index < -0.39 is 0 Å². The van der Waals surface area contributed by atoms with Gasteiger partial charge in [0.05, 0.1) is 0 Å². The summed E-state index contributed by atoms with van der Waals surface area (Å²) in [4.78, 5) is 25.6. The summed E-state index contributed by atoms with van der Waals surface area (Å²) in [6.45, 7) is 0. The van der Waals surface area contributed by atoms with E-state index in [2.05, 4.69) is 24.3 Å². The van der Waals surface area contributed by atoms with Gasteiger partial charge in [-0.2, -0.15) is 0 Å². The molecule has 5 rings (SSSR count). The molecule has 0 aliphatic heterocycles. The fourth-order valence-corrected chi connectivity index (χ4v) is 5.64. The van der Waals surface area contributed by atoms with Crippen molar-refractivity contribution in [2.75, 3.05) is 0 Å². The van der Waals surface area contributed by atoms with Crippen LogP contribution in [0.5, 0.6) is 0 Å². The molecule has 0 N–H and O–H groups in total. The van der Waals surface area contributed by atoms with E-state index in [0.29, 0.717) is 35.2 Å². The predicted molar refractivity (Wildman–Crippen MR) is 65.4 cm³/mol. The molecule has 2 nitrogen and oxygen atoms in total. The summed E-state index contributed by atoms with van der Waals surface area (Å²) >= 11 is 0. The van der Waals surface area contributed by atoms with E-state index in [-0.39, 0.29) is 23.7 Å². The Kier molecular flexibility index (Phi) is 1.55. The van der Waals surface area contributed by atoms with E-state index in [1.54, 1.807) is 0 Å². The van der Waals surface area contributed by atoms with Gasteiger partial charge in [-0.1, -0.05) is 24.3 Å². The summed E-state index contributed by atoms with van der Waals surface area (Å²) in [5.41, 5.74) is 0. The highest BCUT2D eigenvalue weighted by atomic mass is 16.1. The van der Waals surface area contributed by atoms with E-state index >= 15 is 0 Å². The molecule has 0 saturated heterocycles. The maximum atomic E-state index is 12.8. The van der Waals surface area contributed by atoms with Crippen molar-refractivity contribution in [1.82, 2.24) is 0 Å². The number of rotatable bonds is 0. The van der Waals surface area contributed by atoms with Crippen LogP contribution in [0.1, 0.15) is 12.8 Å². The van der Waals surface area contributed by atoms with Crippen LogP contribution in [-0.4, -0.2) is 11.6 Å². The summed E-state index contributed by atoms with van der Waals surface area (Å²) in [7, 11) is 0. The minimum atomic E-state index is 0.0431. The third-order valence-electron chi connectivity index (χ3n) is 6.23. The van der Waals surface area contributed by atoms with Crippen LogP contribution >= 0.6 is 0 Å². The van der Waals surface area contributed by atoms with E-state index in [4.69, 9.17) is 0 Å². The third-order valence-corrected chi connectivity index (χ3v) is 6.23. The zero-order valence-electron chi connectivity index (χ0n) is 10.2. The van der Waals surface area contributed by atoms with Gasteiger partial charge in [-0.05, 0) is 36.5 Å². The molecule has 0 amide bonds. The number of hydrogen-bond acceptors (Lipinski definition) is 2. The lowest BCUT2D eigenvalue weighted by atomic mass is 9.60. The first-order valence-electron chi connectivity index (χ1n) is 7.20. The molecule has 5 aliphatic carbocycles. The van der Waals surface area contributed by atoms with Crippen molar-refractivity contribution in [3.63, 3.8) is 0 Å². The highest BCUT2D eigenvalue weighted by Gasteiger charge is 2.63. The molecule has 3 fully saturated rings. The first-order valence-corrected chi connectivity index (χ1v) is 7.20. The molecule has 5 aliphatic rings. The Labute approximate surface area is 106 Å². The molecule has 3 saturated carbocycles. The SMILES string of the molecule is O=C1[C@@H]2[C@H](C(=O)[C@@H]3[C@@H]1[C@H]1C=C[C@@H]3C1)[C@H]1C=C[C@@H]2C1. The van der Waals surface area contributed by atoms with Crippen LogP contribution in [0, 0.1) is 47.3 Å². The molecule has 2 heteroatoms. The number of Topliss-reactive ketones (excluding diaryl/α,β-unsaturated/α-hetero) is 2. The lowest BCUT2D eigenvalue weighted by Crippen LogP contribution is -2.50. The Morgan fingerprint density at radius 2 is 0.889 bits per heavy atom. The summed E-state index contributed by atoms with van der Waals surface area (Å²) in [6.07, 6.45) is 10.9. The van der Waals surface area contributed by atoms with E-state index in [1.807, 2.05) is 0 Å². The standard InChI is InChI=1S/C16H16O2/c17-15-11-7-1-2-8(5-7)12(11)16(18)14-10-4-3-9(6-10)13(14)15/h1-4,7-14H,5-6H2/t7-,8+,9+,10-,11-,12-,13-,14+/m0/s1. The number of fused-ring (bicyclic) bond motifs is 10. The molecule has 0 heterocycles. The molecule has 0 unspecified atom stereocenters. The lowest BCUT2D eigenvalue weighted by Gasteiger charge is -2.40. The number of carbonyl (C=O) groups is 2. The maximum Gasteiger partial charge on any atom is 0.141 e. The third kappa shape index (κ3) is 0.877. The van der Waals surface area contributed by atoms with Crippen LogP contribution < -0.4 is 0 Å². The van der Waals surface area contributed by atoms with Crippen molar-refractivity contribution in [2.45, 2.75) is 12.8 Å². The van der Waals surface area contributed by atoms with Crippen molar-refractivity contribution >= 4 is 11.6 Å². The van der Waals surface area contributed by atoms with Gasteiger partial charge < -0.3 is 0 Å². The van der Waals surface area contributed by atoms with E-state index in [0.717, 1.165) is 12.8 Å². The average Bonchev–Trinajstić information content (AvgIpc) is 3.10. The van der Waals surface area contributed by atoms with Gasteiger partial charge in [-0.3, -0.25) is 9.59 Å². The summed E-state index contributed by atoms with van der Waals surface area (Å²) in [5, 5.41) is 0.